The van der Waals surface area contributed by atoms with Crippen LogP contribution in [-0.2, 0) is 11.3 Å². The number of amides is 1. The first-order valence-electron chi connectivity index (χ1n) is 10.4. The number of nitrogens with one attached hydrogen (secondary N) is 1. The third kappa shape index (κ3) is 5.98. The highest BCUT2D eigenvalue weighted by atomic mass is 19.1. The summed E-state index contributed by atoms with van der Waals surface area (Å²) >= 11 is 0. The Hall–Kier alpha value is -3.58. The molecule has 3 rings (SSSR count). The summed E-state index contributed by atoms with van der Waals surface area (Å²) < 4.78 is 25.6. The summed E-state index contributed by atoms with van der Waals surface area (Å²) in [5.74, 6) is 0.929. The molecule has 0 aliphatic rings. The van der Waals surface area contributed by atoms with E-state index in [9.17, 15) is 9.18 Å². The van der Waals surface area contributed by atoms with Crippen molar-refractivity contribution in [2.24, 2.45) is 5.73 Å². The number of rotatable bonds is 10. The number of anilines is 2. The minimum Gasteiger partial charge on any atom is -0.497 e. The molecule has 0 radical (unpaired) electrons. The Labute approximate surface area is 187 Å². The quantitative estimate of drug-likeness (QED) is 0.439. The van der Waals surface area contributed by atoms with Gasteiger partial charge in [-0.25, -0.2) is 4.39 Å². The number of nitrogens with two attached hydrogens (primary N) is 1. The van der Waals surface area contributed by atoms with Gasteiger partial charge in [0.25, 0.3) is 0 Å². The number of carbonyl (C=O) groups excluding carboxylic acids is 1. The average molecular weight is 438 g/mol. The molecule has 3 aromatic rings. The zero-order valence-corrected chi connectivity index (χ0v) is 18.3. The van der Waals surface area contributed by atoms with Crippen LogP contribution < -0.4 is 25.4 Å². The predicted octanol–water partition coefficient (Wildman–Crippen LogP) is 4.94. The second kappa shape index (κ2) is 11.2. The van der Waals surface area contributed by atoms with E-state index < -0.39 is 5.82 Å². The second-order valence-corrected chi connectivity index (χ2v) is 7.22. The summed E-state index contributed by atoms with van der Waals surface area (Å²) in [5.41, 5.74) is 7.63. The molecule has 0 saturated heterocycles. The number of para-hydroxylation sites is 1. The number of hydrogen-bond acceptors (Lipinski definition) is 5. The van der Waals surface area contributed by atoms with Gasteiger partial charge in [-0.3, -0.25) is 4.79 Å². The summed E-state index contributed by atoms with van der Waals surface area (Å²) in [6.07, 6.45) is 0.806. The molecule has 3 aromatic carbocycles. The number of hydrogen-bond donors (Lipinski definition) is 2. The van der Waals surface area contributed by atoms with E-state index in [-0.39, 0.29) is 12.5 Å². The topological polar surface area (TPSA) is 76.8 Å². The Morgan fingerprint density at radius 2 is 1.84 bits per heavy atom. The van der Waals surface area contributed by atoms with Gasteiger partial charge in [-0.1, -0.05) is 18.2 Å². The Morgan fingerprint density at radius 1 is 1.06 bits per heavy atom. The zero-order chi connectivity index (χ0) is 22.9. The summed E-state index contributed by atoms with van der Waals surface area (Å²) in [7, 11) is 1.59. The van der Waals surface area contributed by atoms with Crippen LogP contribution in [0.4, 0.5) is 15.8 Å². The van der Waals surface area contributed by atoms with Crippen molar-refractivity contribution in [2.45, 2.75) is 19.9 Å². The molecule has 0 spiro atoms. The summed E-state index contributed by atoms with van der Waals surface area (Å²) in [5, 5.41) is 3.35. The fourth-order valence-corrected chi connectivity index (χ4v) is 3.27. The highest BCUT2D eigenvalue weighted by molar-refractivity contribution is 5.93. The first-order chi connectivity index (χ1) is 15.5. The standard InChI is InChI=1S/C25H28FN3O3/c1-18(30)29(17-19-15-22(31-2)10-11-23(19)28-14-6-13-27)24-16-20(26)9-12-25(24)32-21-7-4-3-5-8-21/h3-5,7-12,15-16,28H,6,13-14,17,27H2,1-2H3. The Kier molecular flexibility index (Phi) is 8.05. The lowest BCUT2D eigenvalue weighted by Gasteiger charge is -2.25. The molecule has 0 aliphatic heterocycles. The third-order valence-corrected chi connectivity index (χ3v) is 4.90. The van der Waals surface area contributed by atoms with E-state index in [2.05, 4.69) is 5.32 Å². The third-order valence-electron chi connectivity index (χ3n) is 4.90. The molecule has 0 heterocycles. The molecular formula is C25H28FN3O3. The Morgan fingerprint density at radius 3 is 2.53 bits per heavy atom. The van der Waals surface area contributed by atoms with E-state index in [1.54, 1.807) is 19.2 Å². The Balaban J connectivity index is 1.97. The SMILES string of the molecule is COc1ccc(NCCCN)c(CN(C(C)=O)c2cc(F)ccc2Oc2ccccc2)c1. The van der Waals surface area contributed by atoms with Crippen LogP contribution in [0.15, 0.2) is 66.7 Å². The molecule has 0 aliphatic carbocycles. The molecule has 3 N–H and O–H groups in total. The zero-order valence-electron chi connectivity index (χ0n) is 18.3. The van der Waals surface area contributed by atoms with E-state index in [1.807, 2.05) is 36.4 Å². The normalized spacial score (nSPS) is 10.5. The molecule has 6 nitrogen and oxygen atoms in total. The van der Waals surface area contributed by atoms with Crippen LogP contribution in [-0.4, -0.2) is 26.1 Å². The van der Waals surface area contributed by atoms with E-state index in [0.29, 0.717) is 36.0 Å². The highest BCUT2D eigenvalue weighted by Crippen LogP contribution is 2.35. The van der Waals surface area contributed by atoms with Crippen LogP contribution in [0.3, 0.4) is 0 Å². The van der Waals surface area contributed by atoms with Crippen LogP contribution >= 0.6 is 0 Å². The lowest BCUT2D eigenvalue weighted by molar-refractivity contribution is -0.116. The average Bonchev–Trinajstić information content (AvgIpc) is 2.80. The van der Waals surface area contributed by atoms with Crippen molar-refractivity contribution >= 4 is 17.3 Å². The van der Waals surface area contributed by atoms with Gasteiger partial charge in [0.15, 0.2) is 5.75 Å². The molecule has 0 atom stereocenters. The minimum absolute atomic E-state index is 0.200. The first-order valence-corrected chi connectivity index (χ1v) is 10.4. The fourth-order valence-electron chi connectivity index (χ4n) is 3.27. The minimum atomic E-state index is -0.460. The first kappa shape index (κ1) is 23.1. The van der Waals surface area contributed by atoms with Gasteiger partial charge >= 0.3 is 0 Å². The molecule has 0 fully saturated rings. The monoisotopic (exact) mass is 437 g/mol. The lowest BCUT2D eigenvalue weighted by atomic mass is 10.1. The Bertz CT molecular complexity index is 1040. The summed E-state index contributed by atoms with van der Waals surface area (Å²) in [4.78, 5) is 14.2. The van der Waals surface area contributed by atoms with Gasteiger partial charge in [0.2, 0.25) is 5.91 Å². The van der Waals surface area contributed by atoms with Crippen molar-refractivity contribution in [1.29, 1.82) is 0 Å². The molecule has 0 bridgehead atoms. The van der Waals surface area contributed by atoms with Gasteiger partial charge in [-0.15, -0.1) is 0 Å². The van der Waals surface area contributed by atoms with Crippen LogP contribution in [0.25, 0.3) is 0 Å². The molecule has 7 heteroatoms. The van der Waals surface area contributed by atoms with E-state index in [1.165, 1.54) is 30.0 Å². The number of nitrogens with zero attached hydrogens (tertiary/aromatic N) is 1. The van der Waals surface area contributed by atoms with Gasteiger partial charge in [0, 0.05) is 25.2 Å². The maximum atomic E-state index is 14.2. The number of ether oxygens (including phenoxy) is 2. The van der Waals surface area contributed by atoms with Crippen molar-refractivity contribution in [1.82, 2.24) is 0 Å². The van der Waals surface area contributed by atoms with Gasteiger partial charge in [0.05, 0.1) is 19.3 Å². The van der Waals surface area contributed by atoms with Crippen LogP contribution in [0.2, 0.25) is 0 Å². The molecule has 1 amide bonds. The smallest absolute Gasteiger partial charge is 0.224 e. The van der Waals surface area contributed by atoms with Crippen LogP contribution in [0.1, 0.15) is 18.9 Å². The summed E-state index contributed by atoms with van der Waals surface area (Å²) in [6, 6.07) is 18.9. The number of benzene rings is 3. The van der Waals surface area contributed by atoms with Gasteiger partial charge in [-0.05, 0) is 61.0 Å². The largest absolute Gasteiger partial charge is 0.497 e. The molecule has 0 unspecified atom stereocenters. The molecule has 32 heavy (non-hydrogen) atoms. The molecular weight excluding hydrogens is 409 g/mol. The second-order valence-electron chi connectivity index (χ2n) is 7.22. The molecule has 168 valence electrons. The van der Waals surface area contributed by atoms with E-state index in [0.717, 1.165) is 17.7 Å². The van der Waals surface area contributed by atoms with Crippen molar-refractivity contribution in [3.8, 4) is 17.2 Å². The van der Waals surface area contributed by atoms with Crippen LogP contribution in [0.5, 0.6) is 17.2 Å². The predicted molar refractivity (Wildman–Crippen MR) is 125 cm³/mol. The molecule has 0 aromatic heterocycles. The van der Waals surface area contributed by atoms with Gasteiger partial charge in [0.1, 0.15) is 17.3 Å². The van der Waals surface area contributed by atoms with Crippen molar-refractivity contribution < 1.29 is 18.7 Å². The number of halogens is 1. The van der Waals surface area contributed by atoms with Gasteiger partial charge in [-0.2, -0.15) is 0 Å². The fraction of sp³-hybridized carbons (Fsp3) is 0.240. The van der Waals surface area contributed by atoms with E-state index in [4.69, 9.17) is 15.2 Å². The summed E-state index contributed by atoms with van der Waals surface area (Å²) in [6.45, 7) is 2.91. The van der Waals surface area contributed by atoms with Crippen LogP contribution in [0, 0.1) is 5.82 Å². The number of methoxy groups -OCH3 is 1. The lowest BCUT2D eigenvalue weighted by Crippen LogP contribution is -2.29. The van der Waals surface area contributed by atoms with E-state index >= 15 is 0 Å². The van der Waals surface area contributed by atoms with Gasteiger partial charge < -0.3 is 25.4 Å². The van der Waals surface area contributed by atoms with Crippen molar-refractivity contribution in [3.63, 3.8) is 0 Å². The van der Waals surface area contributed by atoms with Crippen molar-refractivity contribution in [2.75, 3.05) is 30.4 Å². The molecule has 0 saturated carbocycles. The maximum absolute atomic E-state index is 14.2. The number of carbonyl (C=O) groups is 1. The van der Waals surface area contributed by atoms with Crippen molar-refractivity contribution in [3.05, 3.63) is 78.1 Å². The maximum Gasteiger partial charge on any atom is 0.224 e. The highest BCUT2D eigenvalue weighted by Gasteiger charge is 2.20.